The number of nitrogens with one attached hydrogen (secondary N) is 1. The molecule has 2 heterocycles. The second kappa shape index (κ2) is 5.91. The summed E-state index contributed by atoms with van der Waals surface area (Å²) in [6.45, 7) is 4.42. The van der Waals surface area contributed by atoms with Gasteiger partial charge < -0.3 is 9.84 Å². The van der Waals surface area contributed by atoms with E-state index in [0.29, 0.717) is 11.5 Å². The first kappa shape index (κ1) is 14.8. The lowest BCUT2D eigenvalue weighted by molar-refractivity contribution is 0.0844. The molecule has 0 aliphatic heterocycles. The van der Waals surface area contributed by atoms with Crippen LogP contribution in [0.5, 0.6) is 0 Å². The largest absolute Gasteiger partial charge is 0.355 e. The van der Waals surface area contributed by atoms with E-state index in [1.165, 1.54) is 6.42 Å². The van der Waals surface area contributed by atoms with Crippen LogP contribution in [0.15, 0.2) is 35.1 Å². The van der Waals surface area contributed by atoms with Crippen molar-refractivity contribution in [2.75, 3.05) is 0 Å². The fourth-order valence-electron chi connectivity index (χ4n) is 3.03. The average Bonchev–Trinajstić information content (AvgIpc) is 3.00. The fourth-order valence-corrected chi connectivity index (χ4v) is 3.03. The SMILES string of the molecule is CC1(C)CCCCC1NC(=O)c1cc(-c2ccncc2)on1. The van der Waals surface area contributed by atoms with Crippen molar-refractivity contribution in [3.05, 3.63) is 36.3 Å². The average molecular weight is 299 g/mol. The van der Waals surface area contributed by atoms with Crippen molar-refractivity contribution in [1.82, 2.24) is 15.5 Å². The molecule has 0 saturated heterocycles. The molecule has 2 aromatic rings. The molecular formula is C17H21N3O2. The van der Waals surface area contributed by atoms with Crippen molar-refractivity contribution in [3.63, 3.8) is 0 Å². The zero-order valence-corrected chi connectivity index (χ0v) is 13.0. The van der Waals surface area contributed by atoms with Crippen molar-refractivity contribution in [2.45, 2.75) is 45.6 Å². The zero-order valence-electron chi connectivity index (χ0n) is 13.0. The van der Waals surface area contributed by atoms with Crippen LogP contribution in [0.3, 0.4) is 0 Å². The van der Waals surface area contributed by atoms with Gasteiger partial charge in [-0.25, -0.2) is 0 Å². The Morgan fingerprint density at radius 1 is 1.32 bits per heavy atom. The Morgan fingerprint density at radius 3 is 2.82 bits per heavy atom. The Balaban J connectivity index is 1.72. The maximum absolute atomic E-state index is 12.4. The molecule has 0 spiro atoms. The van der Waals surface area contributed by atoms with E-state index in [9.17, 15) is 4.79 Å². The van der Waals surface area contributed by atoms with Crippen LogP contribution < -0.4 is 5.32 Å². The summed E-state index contributed by atoms with van der Waals surface area (Å²) in [5.41, 5.74) is 1.32. The molecule has 1 aliphatic carbocycles. The summed E-state index contributed by atoms with van der Waals surface area (Å²) in [6, 6.07) is 5.52. The fraction of sp³-hybridized carbons (Fsp3) is 0.471. The highest BCUT2D eigenvalue weighted by molar-refractivity contribution is 5.93. The number of rotatable bonds is 3. The maximum atomic E-state index is 12.4. The molecule has 1 unspecified atom stereocenters. The molecule has 1 atom stereocenters. The number of hydrogen-bond donors (Lipinski definition) is 1. The third kappa shape index (κ3) is 3.03. The summed E-state index contributed by atoms with van der Waals surface area (Å²) in [4.78, 5) is 16.4. The Bertz CT molecular complexity index is 649. The monoisotopic (exact) mass is 299 g/mol. The number of hydrogen-bond acceptors (Lipinski definition) is 4. The van der Waals surface area contributed by atoms with E-state index in [-0.39, 0.29) is 17.4 Å². The van der Waals surface area contributed by atoms with E-state index < -0.39 is 0 Å². The standard InChI is InChI=1S/C17H21N3O2/c1-17(2)8-4-3-5-15(17)19-16(21)13-11-14(22-20-13)12-6-9-18-10-7-12/h6-7,9-11,15H,3-5,8H2,1-2H3,(H,19,21). The minimum Gasteiger partial charge on any atom is -0.355 e. The summed E-state index contributed by atoms with van der Waals surface area (Å²) in [5.74, 6) is 0.416. The van der Waals surface area contributed by atoms with Crippen LogP contribution in [-0.4, -0.2) is 22.1 Å². The molecule has 0 radical (unpaired) electrons. The van der Waals surface area contributed by atoms with Gasteiger partial charge in [0.2, 0.25) is 0 Å². The molecule has 1 aliphatic rings. The van der Waals surface area contributed by atoms with Crippen LogP contribution >= 0.6 is 0 Å². The molecule has 22 heavy (non-hydrogen) atoms. The van der Waals surface area contributed by atoms with E-state index in [1.54, 1.807) is 18.5 Å². The van der Waals surface area contributed by atoms with Crippen LogP contribution in [0.4, 0.5) is 0 Å². The molecule has 5 nitrogen and oxygen atoms in total. The first-order chi connectivity index (χ1) is 10.6. The van der Waals surface area contributed by atoms with E-state index in [1.807, 2.05) is 12.1 Å². The molecule has 1 amide bonds. The smallest absolute Gasteiger partial charge is 0.273 e. The molecule has 0 bridgehead atoms. The summed E-state index contributed by atoms with van der Waals surface area (Å²) < 4.78 is 5.27. The minimum atomic E-state index is -0.163. The predicted octanol–water partition coefficient (Wildman–Crippen LogP) is 3.44. The first-order valence-electron chi connectivity index (χ1n) is 7.74. The van der Waals surface area contributed by atoms with Crippen LogP contribution in [0.1, 0.15) is 50.0 Å². The van der Waals surface area contributed by atoms with Crippen LogP contribution in [-0.2, 0) is 0 Å². The van der Waals surface area contributed by atoms with Gasteiger partial charge in [-0.1, -0.05) is 31.8 Å². The van der Waals surface area contributed by atoms with Gasteiger partial charge in [0.25, 0.3) is 5.91 Å². The number of amides is 1. The highest BCUT2D eigenvalue weighted by atomic mass is 16.5. The number of carbonyl (C=O) groups excluding carboxylic acids is 1. The summed E-state index contributed by atoms with van der Waals surface area (Å²) in [7, 11) is 0. The number of pyridine rings is 1. The van der Waals surface area contributed by atoms with Crippen LogP contribution in [0.2, 0.25) is 0 Å². The van der Waals surface area contributed by atoms with Crippen molar-refractivity contribution in [1.29, 1.82) is 0 Å². The Hall–Kier alpha value is -2.17. The lowest BCUT2D eigenvalue weighted by Gasteiger charge is -2.38. The molecule has 5 heteroatoms. The van der Waals surface area contributed by atoms with Gasteiger partial charge in [0, 0.05) is 30.1 Å². The molecule has 116 valence electrons. The van der Waals surface area contributed by atoms with E-state index in [2.05, 4.69) is 29.3 Å². The molecule has 1 saturated carbocycles. The van der Waals surface area contributed by atoms with Crippen molar-refractivity contribution < 1.29 is 9.32 Å². The second-order valence-corrected chi connectivity index (χ2v) is 6.57. The van der Waals surface area contributed by atoms with Gasteiger partial charge in [-0.15, -0.1) is 0 Å². The summed E-state index contributed by atoms with van der Waals surface area (Å²) >= 11 is 0. The minimum absolute atomic E-state index is 0.131. The van der Waals surface area contributed by atoms with Crippen molar-refractivity contribution in [3.8, 4) is 11.3 Å². The molecule has 3 rings (SSSR count). The Kier molecular flexibility index (Phi) is 3.96. The summed E-state index contributed by atoms with van der Waals surface area (Å²) in [6.07, 6.45) is 7.92. The molecule has 0 aromatic carbocycles. The zero-order chi connectivity index (χ0) is 15.6. The molecule has 1 N–H and O–H groups in total. The lowest BCUT2D eigenvalue weighted by atomic mass is 9.73. The third-order valence-electron chi connectivity index (χ3n) is 4.52. The molecule has 1 fully saturated rings. The molecular weight excluding hydrogens is 278 g/mol. The van der Waals surface area contributed by atoms with Crippen LogP contribution in [0, 0.1) is 5.41 Å². The third-order valence-corrected chi connectivity index (χ3v) is 4.52. The van der Waals surface area contributed by atoms with Gasteiger partial charge in [0.1, 0.15) is 0 Å². The quantitative estimate of drug-likeness (QED) is 0.942. The van der Waals surface area contributed by atoms with Gasteiger partial charge in [-0.3, -0.25) is 9.78 Å². The Labute approximate surface area is 130 Å². The van der Waals surface area contributed by atoms with Crippen molar-refractivity contribution >= 4 is 5.91 Å². The lowest BCUT2D eigenvalue weighted by Crippen LogP contribution is -2.46. The number of carbonyl (C=O) groups is 1. The van der Waals surface area contributed by atoms with Gasteiger partial charge in [-0.05, 0) is 30.4 Å². The van der Waals surface area contributed by atoms with Gasteiger partial charge in [0.15, 0.2) is 11.5 Å². The highest BCUT2D eigenvalue weighted by Crippen LogP contribution is 2.35. The second-order valence-electron chi connectivity index (χ2n) is 6.57. The van der Waals surface area contributed by atoms with Gasteiger partial charge in [0.05, 0.1) is 0 Å². The van der Waals surface area contributed by atoms with Crippen LogP contribution in [0.25, 0.3) is 11.3 Å². The van der Waals surface area contributed by atoms with E-state index in [4.69, 9.17) is 4.52 Å². The van der Waals surface area contributed by atoms with Crippen molar-refractivity contribution in [2.24, 2.45) is 5.41 Å². The Morgan fingerprint density at radius 2 is 2.09 bits per heavy atom. The predicted molar refractivity (Wildman–Crippen MR) is 83.2 cm³/mol. The van der Waals surface area contributed by atoms with E-state index in [0.717, 1.165) is 24.8 Å². The summed E-state index contributed by atoms with van der Waals surface area (Å²) in [5, 5.41) is 7.01. The topological polar surface area (TPSA) is 68.0 Å². The normalized spacial score (nSPS) is 20.5. The number of aromatic nitrogens is 2. The molecule has 2 aromatic heterocycles. The first-order valence-corrected chi connectivity index (χ1v) is 7.74. The van der Waals surface area contributed by atoms with E-state index >= 15 is 0 Å². The maximum Gasteiger partial charge on any atom is 0.273 e. The number of nitrogens with zero attached hydrogens (tertiary/aromatic N) is 2. The highest BCUT2D eigenvalue weighted by Gasteiger charge is 2.33. The van der Waals surface area contributed by atoms with Gasteiger partial charge >= 0.3 is 0 Å². The van der Waals surface area contributed by atoms with Gasteiger partial charge in [-0.2, -0.15) is 0 Å².